The number of hydrogen-bond acceptors (Lipinski definition) is 6. The number of rotatable bonds is 5. The number of anilines is 1. The predicted molar refractivity (Wildman–Crippen MR) is 86.1 cm³/mol. The largest absolute Gasteiger partial charge is 0.506 e. The fourth-order valence-corrected chi connectivity index (χ4v) is 3.67. The standard InChI is InChI=1S/C14H13F3N4O5S/c15-11-6(7(13(18)24)4-19-9-3-14(9,16)17)1-2-8(22)12(11)21-5-10(23)20-27(21,25)26/h1-2,4,9,19,22H,3,5H2,(H2,18,24)(H,20,23)/b7-4-. The summed E-state index contributed by atoms with van der Waals surface area (Å²) in [5, 5.41) is 12.1. The van der Waals surface area contributed by atoms with Crippen LogP contribution < -0.4 is 20.1 Å². The topological polar surface area (TPSA) is 142 Å². The third-order valence-corrected chi connectivity index (χ3v) is 5.35. The van der Waals surface area contributed by atoms with Crippen molar-refractivity contribution in [2.75, 3.05) is 10.8 Å². The summed E-state index contributed by atoms with van der Waals surface area (Å²) in [5.74, 6) is -7.29. The first-order chi connectivity index (χ1) is 12.4. The van der Waals surface area contributed by atoms with Crippen molar-refractivity contribution < 1.29 is 36.3 Å². The first kappa shape index (κ1) is 18.8. The van der Waals surface area contributed by atoms with Crippen LogP contribution in [0.15, 0.2) is 18.3 Å². The number of phenols is 1. The van der Waals surface area contributed by atoms with Crippen molar-refractivity contribution in [1.82, 2.24) is 10.0 Å². The lowest BCUT2D eigenvalue weighted by atomic mass is 10.0. The number of nitrogens with one attached hydrogen (secondary N) is 2. The SMILES string of the molecule is NC(=O)/C(=C\NC1CC1(F)F)c1ccc(O)c(N2CC(=O)NS2(=O)=O)c1F. The number of carbonyl (C=O) groups is 2. The second-order valence-corrected chi connectivity index (χ2v) is 7.53. The zero-order valence-corrected chi connectivity index (χ0v) is 14.2. The number of nitrogens with zero attached hydrogens (tertiary/aromatic N) is 1. The highest BCUT2D eigenvalue weighted by atomic mass is 32.2. The van der Waals surface area contributed by atoms with E-state index in [2.05, 4.69) is 5.32 Å². The maximum Gasteiger partial charge on any atom is 0.326 e. The van der Waals surface area contributed by atoms with E-state index in [1.807, 2.05) is 0 Å². The number of benzene rings is 1. The van der Waals surface area contributed by atoms with Crippen molar-refractivity contribution in [1.29, 1.82) is 0 Å². The van der Waals surface area contributed by atoms with Gasteiger partial charge in [-0.15, -0.1) is 0 Å². The molecule has 1 saturated heterocycles. The first-order valence-corrected chi connectivity index (χ1v) is 8.87. The molecule has 1 heterocycles. The van der Waals surface area contributed by atoms with Gasteiger partial charge < -0.3 is 16.2 Å². The normalized spacial score (nSPS) is 23.1. The molecule has 1 saturated carbocycles. The maximum atomic E-state index is 14.9. The molecule has 27 heavy (non-hydrogen) atoms. The van der Waals surface area contributed by atoms with Gasteiger partial charge in [0.1, 0.15) is 18.0 Å². The number of primary amides is 1. The molecule has 1 aromatic carbocycles. The lowest BCUT2D eigenvalue weighted by Crippen LogP contribution is -2.30. The van der Waals surface area contributed by atoms with E-state index in [1.54, 1.807) is 4.72 Å². The predicted octanol–water partition coefficient (Wildman–Crippen LogP) is -0.464. The van der Waals surface area contributed by atoms with Crippen LogP contribution in [0.5, 0.6) is 5.75 Å². The monoisotopic (exact) mass is 406 g/mol. The number of hydrogen-bond donors (Lipinski definition) is 4. The molecule has 0 bridgehead atoms. The first-order valence-electron chi connectivity index (χ1n) is 7.43. The third kappa shape index (κ3) is 3.37. The van der Waals surface area contributed by atoms with E-state index in [4.69, 9.17) is 5.73 Å². The van der Waals surface area contributed by atoms with Gasteiger partial charge in [0.05, 0.1) is 11.6 Å². The highest BCUT2D eigenvalue weighted by molar-refractivity contribution is 7.92. The Balaban J connectivity index is 2.05. The second kappa shape index (κ2) is 6.04. The Morgan fingerprint density at radius 2 is 2.07 bits per heavy atom. The van der Waals surface area contributed by atoms with Crippen molar-refractivity contribution in [2.24, 2.45) is 5.73 Å². The number of aromatic hydroxyl groups is 1. The van der Waals surface area contributed by atoms with Crippen LogP contribution in [-0.2, 0) is 19.8 Å². The van der Waals surface area contributed by atoms with Crippen LogP contribution >= 0.6 is 0 Å². The Labute approximate surface area is 150 Å². The minimum Gasteiger partial charge on any atom is -0.506 e. The average molecular weight is 406 g/mol. The lowest BCUT2D eigenvalue weighted by Gasteiger charge is -2.19. The molecule has 146 valence electrons. The Hall–Kier alpha value is -2.96. The summed E-state index contributed by atoms with van der Waals surface area (Å²) >= 11 is 0. The number of carbonyl (C=O) groups excluding carboxylic acids is 2. The van der Waals surface area contributed by atoms with Crippen LogP contribution in [0.3, 0.4) is 0 Å². The van der Waals surface area contributed by atoms with Crippen molar-refractivity contribution >= 4 is 33.3 Å². The Morgan fingerprint density at radius 3 is 2.56 bits per heavy atom. The smallest absolute Gasteiger partial charge is 0.326 e. The van der Waals surface area contributed by atoms with Gasteiger partial charge >= 0.3 is 10.2 Å². The molecular weight excluding hydrogens is 393 g/mol. The van der Waals surface area contributed by atoms with Gasteiger partial charge in [0.2, 0.25) is 0 Å². The number of alkyl halides is 2. The van der Waals surface area contributed by atoms with Gasteiger partial charge in [0.25, 0.3) is 17.7 Å². The number of halogens is 3. The molecule has 3 rings (SSSR count). The summed E-state index contributed by atoms with van der Waals surface area (Å²) in [7, 11) is -4.44. The van der Waals surface area contributed by atoms with Crippen LogP contribution in [0, 0.1) is 5.82 Å². The summed E-state index contributed by atoms with van der Waals surface area (Å²) in [6.45, 7) is -0.793. The van der Waals surface area contributed by atoms with E-state index >= 15 is 0 Å². The molecular formula is C14H13F3N4O5S. The minimum atomic E-state index is -4.44. The molecule has 2 fully saturated rings. The summed E-state index contributed by atoms with van der Waals surface area (Å²) in [6, 6.07) is 0.566. The third-order valence-electron chi connectivity index (χ3n) is 3.97. The van der Waals surface area contributed by atoms with Crippen LogP contribution in [0.1, 0.15) is 12.0 Å². The molecule has 1 unspecified atom stereocenters. The van der Waals surface area contributed by atoms with Gasteiger partial charge in [0, 0.05) is 18.2 Å². The van der Waals surface area contributed by atoms with Gasteiger partial charge in [0.15, 0.2) is 5.82 Å². The molecule has 0 spiro atoms. The summed E-state index contributed by atoms with van der Waals surface area (Å²) in [6.07, 6.45) is 0.327. The molecule has 1 atom stereocenters. The van der Waals surface area contributed by atoms with Gasteiger partial charge in [-0.2, -0.15) is 8.42 Å². The van der Waals surface area contributed by atoms with E-state index in [0.29, 0.717) is 0 Å². The van der Waals surface area contributed by atoms with Gasteiger partial charge in [-0.05, 0) is 12.1 Å². The second-order valence-electron chi connectivity index (χ2n) is 5.94. The van der Waals surface area contributed by atoms with E-state index < -0.39 is 75.3 Å². The van der Waals surface area contributed by atoms with Crippen molar-refractivity contribution in [2.45, 2.75) is 18.4 Å². The summed E-state index contributed by atoms with van der Waals surface area (Å²) in [5.41, 5.74) is 3.20. The molecule has 1 aromatic rings. The van der Waals surface area contributed by atoms with E-state index in [1.165, 1.54) is 0 Å². The number of amides is 2. The van der Waals surface area contributed by atoms with Crippen LogP contribution in [0.2, 0.25) is 0 Å². The van der Waals surface area contributed by atoms with Gasteiger partial charge in [-0.3, -0.25) is 9.59 Å². The zero-order valence-electron chi connectivity index (χ0n) is 13.4. The fraction of sp³-hybridized carbons (Fsp3) is 0.286. The van der Waals surface area contributed by atoms with Gasteiger partial charge in [-0.25, -0.2) is 22.2 Å². The van der Waals surface area contributed by atoms with E-state index in [0.717, 1.165) is 18.3 Å². The molecule has 0 aromatic heterocycles. The summed E-state index contributed by atoms with van der Waals surface area (Å²) < 4.78 is 66.5. The molecule has 1 aliphatic heterocycles. The molecule has 9 nitrogen and oxygen atoms in total. The highest BCUT2D eigenvalue weighted by Crippen LogP contribution is 2.42. The lowest BCUT2D eigenvalue weighted by molar-refractivity contribution is -0.117. The molecule has 0 radical (unpaired) electrons. The Kier molecular flexibility index (Phi) is 4.21. The molecule has 2 amide bonds. The van der Waals surface area contributed by atoms with Crippen molar-refractivity contribution in [3.8, 4) is 5.75 Å². The Bertz CT molecular complexity index is 979. The molecule has 13 heteroatoms. The van der Waals surface area contributed by atoms with E-state index in [-0.39, 0.29) is 4.31 Å². The van der Waals surface area contributed by atoms with E-state index in [9.17, 15) is 36.3 Å². The number of phenolic OH excluding ortho intramolecular Hbond substituents is 1. The maximum absolute atomic E-state index is 14.9. The van der Waals surface area contributed by atoms with Crippen molar-refractivity contribution in [3.05, 3.63) is 29.7 Å². The quantitative estimate of drug-likeness (QED) is 0.488. The van der Waals surface area contributed by atoms with Crippen LogP contribution in [-0.4, -0.2) is 43.8 Å². The number of nitrogens with two attached hydrogens (primary N) is 1. The minimum absolute atomic E-state index is 0.282. The molecule has 5 N–H and O–H groups in total. The Morgan fingerprint density at radius 1 is 1.44 bits per heavy atom. The zero-order chi connectivity index (χ0) is 20.1. The van der Waals surface area contributed by atoms with Crippen LogP contribution in [0.4, 0.5) is 18.9 Å². The molecule has 2 aliphatic rings. The van der Waals surface area contributed by atoms with Gasteiger partial charge in [-0.1, -0.05) is 0 Å². The average Bonchev–Trinajstić information content (AvgIpc) is 3.04. The molecule has 1 aliphatic carbocycles. The summed E-state index contributed by atoms with van der Waals surface area (Å²) in [4.78, 5) is 23.0. The van der Waals surface area contributed by atoms with Crippen LogP contribution in [0.25, 0.3) is 5.57 Å². The van der Waals surface area contributed by atoms with Crippen molar-refractivity contribution in [3.63, 3.8) is 0 Å². The fourth-order valence-electron chi connectivity index (χ4n) is 2.51. The highest BCUT2D eigenvalue weighted by Gasteiger charge is 2.56.